The van der Waals surface area contributed by atoms with E-state index in [-0.39, 0.29) is 23.4 Å². The lowest BCUT2D eigenvalue weighted by molar-refractivity contribution is -0.137. The van der Waals surface area contributed by atoms with Gasteiger partial charge in [0.15, 0.2) is 0 Å². The van der Waals surface area contributed by atoms with Crippen LogP contribution in [-0.2, 0) is 22.9 Å². The second kappa shape index (κ2) is 10.2. The Morgan fingerprint density at radius 3 is 2.26 bits per heavy atom. The molecule has 4 rings (SSSR count). The number of rotatable bonds is 7. The van der Waals surface area contributed by atoms with Crippen molar-refractivity contribution in [2.45, 2.75) is 31.0 Å². The van der Waals surface area contributed by atoms with Crippen molar-refractivity contribution in [3.05, 3.63) is 83.6 Å². The predicted molar refractivity (Wildman–Crippen MR) is 126 cm³/mol. The molecule has 0 aliphatic carbocycles. The normalized spacial score (nSPS) is 16.4. The summed E-state index contributed by atoms with van der Waals surface area (Å²) in [5.74, 6) is 0.628. The molecule has 0 spiro atoms. The summed E-state index contributed by atoms with van der Waals surface area (Å²) in [7, 11) is 3.64. The van der Waals surface area contributed by atoms with Gasteiger partial charge in [-0.15, -0.1) is 0 Å². The van der Waals surface area contributed by atoms with Crippen molar-refractivity contribution >= 4 is 0 Å². The Bertz CT molecular complexity index is 1080. The molecule has 3 aromatic rings. The Hall–Kier alpha value is -2.90. The fourth-order valence-electron chi connectivity index (χ4n) is 4.44. The van der Waals surface area contributed by atoms with Crippen molar-refractivity contribution in [2.24, 2.45) is 0 Å². The van der Waals surface area contributed by atoms with Gasteiger partial charge in [0.1, 0.15) is 5.75 Å². The highest BCUT2D eigenvalue weighted by atomic mass is 19.4. The number of hydrogen-bond acceptors (Lipinski definition) is 4. The molecular formula is C27H29F3N2O2. The highest BCUT2D eigenvalue weighted by Crippen LogP contribution is 2.36. The first-order valence-corrected chi connectivity index (χ1v) is 11.3. The zero-order chi connectivity index (χ0) is 24.2. The Morgan fingerprint density at radius 1 is 0.971 bits per heavy atom. The summed E-state index contributed by atoms with van der Waals surface area (Å²) in [6, 6.07) is 19.2. The number of hydrogen-bond donors (Lipinski definition) is 0. The summed E-state index contributed by atoms with van der Waals surface area (Å²) in [4.78, 5) is 6.78. The summed E-state index contributed by atoms with van der Waals surface area (Å²) in [5, 5.41) is 0. The smallest absolute Gasteiger partial charge is 0.416 e. The molecule has 0 N–H and O–H groups in total. The average molecular weight is 471 g/mol. The van der Waals surface area contributed by atoms with Crippen LogP contribution in [0.3, 0.4) is 0 Å². The van der Waals surface area contributed by atoms with Gasteiger partial charge in [-0.1, -0.05) is 30.3 Å². The fourth-order valence-corrected chi connectivity index (χ4v) is 4.44. The topological polar surface area (TPSA) is 34.6 Å². The van der Waals surface area contributed by atoms with Crippen LogP contribution in [0.4, 0.5) is 13.2 Å². The van der Waals surface area contributed by atoms with E-state index in [0.29, 0.717) is 17.9 Å². The maximum Gasteiger partial charge on any atom is 0.416 e. The first-order chi connectivity index (χ1) is 16.3. The van der Waals surface area contributed by atoms with Crippen molar-refractivity contribution in [1.29, 1.82) is 0 Å². The molecule has 0 unspecified atom stereocenters. The largest absolute Gasteiger partial charge is 0.497 e. The Labute approximate surface area is 198 Å². The second-order valence-corrected chi connectivity index (χ2v) is 8.90. The van der Waals surface area contributed by atoms with E-state index in [1.165, 1.54) is 5.56 Å². The molecule has 34 heavy (non-hydrogen) atoms. The van der Waals surface area contributed by atoms with Crippen molar-refractivity contribution in [3.63, 3.8) is 0 Å². The lowest BCUT2D eigenvalue weighted by Gasteiger charge is -2.41. The van der Waals surface area contributed by atoms with E-state index in [9.17, 15) is 13.2 Å². The molecule has 0 amide bonds. The molecule has 180 valence electrons. The maximum absolute atomic E-state index is 13.6. The molecule has 0 atom stereocenters. The van der Waals surface area contributed by atoms with Gasteiger partial charge in [0.2, 0.25) is 0 Å². The van der Waals surface area contributed by atoms with Gasteiger partial charge in [-0.05, 0) is 74.9 Å². The van der Waals surface area contributed by atoms with Crippen LogP contribution in [-0.4, -0.2) is 43.7 Å². The molecule has 1 aliphatic rings. The summed E-state index contributed by atoms with van der Waals surface area (Å²) in [6.07, 6.45) is -2.61. The molecule has 0 saturated carbocycles. The third-order valence-corrected chi connectivity index (χ3v) is 6.55. The van der Waals surface area contributed by atoms with Crippen LogP contribution < -0.4 is 4.74 Å². The van der Waals surface area contributed by atoms with Gasteiger partial charge >= 0.3 is 6.18 Å². The van der Waals surface area contributed by atoms with E-state index in [1.54, 1.807) is 31.4 Å². The summed E-state index contributed by atoms with van der Waals surface area (Å²) >= 11 is 0. The number of nitrogens with zero attached hydrogens (tertiary/aromatic N) is 2. The first kappa shape index (κ1) is 24.2. The van der Waals surface area contributed by atoms with Crippen molar-refractivity contribution < 1.29 is 22.6 Å². The molecule has 0 radical (unpaired) electrons. The van der Waals surface area contributed by atoms with E-state index in [4.69, 9.17) is 9.47 Å². The van der Waals surface area contributed by atoms with Crippen LogP contribution in [0, 0.1) is 0 Å². The third-order valence-electron chi connectivity index (χ3n) is 6.55. The number of methoxy groups -OCH3 is 1. The molecule has 4 nitrogen and oxygen atoms in total. The molecule has 1 saturated heterocycles. The van der Waals surface area contributed by atoms with Crippen LogP contribution in [0.15, 0.2) is 66.7 Å². The third kappa shape index (κ3) is 5.59. The molecule has 1 aliphatic heterocycles. The summed E-state index contributed by atoms with van der Waals surface area (Å²) in [5.41, 5.74) is 1.42. The SMILES string of the molecule is COc1ccc(-c2cc(C(F)(F)F)cc(COCC3(c4ccccc4)CCN(C)CC3)n2)cc1. The molecule has 7 heteroatoms. The predicted octanol–water partition coefficient (Wildman–Crippen LogP) is 5.96. The Kier molecular flexibility index (Phi) is 7.24. The number of benzene rings is 2. The van der Waals surface area contributed by atoms with E-state index in [0.717, 1.165) is 38.1 Å². The maximum atomic E-state index is 13.6. The van der Waals surface area contributed by atoms with Gasteiger partial charge < -0.3 is 14.4 Å². The average Bonchev–Trinajstić information content (AvgIpc) is 2.85. The first-order valence-electron chi connectivity index (χ1n) is 11.3. The molecule has 1 fully saturated rings. The van der Waals surface area contributed by atoms with E-state index >= 15 is 0 Å². The van der Waals surface area contributed by atoms with Gasteiger partial charge in [0, 0.05) is 11.0 Å². The number of pyridine rings is 1. The molecule has 2 aromatic carbocycles. The molecule has 0 bridgehead atoms. The summed E-state index contributed by atoms with van der Waals surface area (Å²) < 4.78 is 52.1. The lowest BCUT2D eigenvalue weighted by Crippen LogP contribution is -2.43. The highest BCUT2D eigenvalue weighted by molar-refractivity contribution is 5.61. The number of piperidine rings is 1. The molecule has 1 aromatic heterocycles. The van der Waals surface area contributed by atoms with Crippen LogP contribution in [0.2, 0.25) is 0 Å². The molecular weight excluding hydrogens is 441 g/mol. The van der Waals surface area contributed by atoms with Crippen molar-refractivity contribution in [3.8, 4) is 17.0 Å². The minimum atomic E-state index is -4.47. The van der Waals surface area contributed by atoms with Gasteiger partial charge in [-0.2, -0.15) is 13.2 Å². The van der Waals surface area contributed by atoms with Gasteiger partial charge in [-0.3, -0.25) is 4.98 Å². The summed E-state index contributed by atoms with van der Waals surface area (Å²) in [6.45, 7) is 2.33. The van der Waals surface area contributed by atoms with E-state index in [2.05, 4.69) is 29.1 Å². The van der Waals surface area contributed by atoms with Crippen molar-refractivity contribution in [2.75, 3.05) is 33.9 Å². The zero-order valence-electron chi connectivity index (χ0n) is 19.4. The molecule has 2 heterocycles. The van der Waals surface area contributed by atoms with E-state index in [1.807, 2.05) is 18.2 Å². The minimum absolute atomic E-state index is 0.0114. The lowest BCUT2D eigenvalue weighted by atomic mass is 9.73. The second-order valence-electron chi connectivity index (χ2n) is 8.90. The Balaban J connectivity index is 1.56. The highest BCUT2D eigenvalue weighted by Gasteiger charge is 2.36. The van der Waals surface area contributed by atoms with Crippen LogP contribution in [0.1, 0.15) is 29.7 Å². The standard InChI is InChI=1S/C27H29F3N2O2/c1-32-14-12-26(13-15-32,21-6-4-3-5-7-21)19-34-18-23-16-22(27(28,29)30)17-25(31-23)20-8-10-24(33-2)11-9-20/h3-11,16-17H,12-15,18-19H2,1-2H3. The number of aromatic nitrogens is 1. The van der Waals surface area contributed by atoms with Crippen LogP contribution in [0.25, 0.3) is 11.3 Å². The number of likely N-dealkylation sites (tertiary alicyclic amines) is 1. The quantitative estimate of drug-likeness (QED) is 0.427. The van der Waals surface area contributed by atoms with Crippen LogP contribution >= 0.6 is 0 Å². The van der Waals surface area contributed by atoms with Gasteiger partial charge in [-0.25, -0.2) is 0 Å². The van der Waals surface area contributed by atoms with E-state index < -0.39 is 11.7 Å². The number of ether oxygens (including phenoxy) is 2. The fraction of sp³-hybridized carbons (Fsp3) is 0.370. The van der Waals surface area contributed by atoms with Gasteiger partial charge in [0.25, 0.3) is 0 Å². The van der Waals surface area contributed by atoms with Crippen LogP contribution in [0.5, 0.6) is 5.75 Å². The van der Waals surface area contributed by atoms with Crippen molar-refractivity contribution in [1.82, 2.24) is 9.88 Å². The number of alkyl halides is 3. The monoisotopic (exact) mass is 470 g/mol. The van der Waals surface area contributed by atoms with Gasteiger partial charge in [0.05, 0.1) is 37.3 Å². The number of halogens is 3. The zero-order valence-corrected chi connectivity index (χ0v) is 19.4. The Morgan fingerprint density at radius 2 is 1.65 bits per heavy atom. The minimum Gasteiger partial charge on any atom is -0.497 e.